The number of hydrogen-bond donors (Lipinski definition) is 0. The molecule has 0 spiro atoms. The van der Waals surface area contributed by atoms with E-state index in [-0.39, 0.29) is 5.75 Å². The van der Waals surface area contributed by atoms with Gasteiger partial charge in [0, 0.05) is 16.9 Å². The Hall–Kier alpha value is -2.41. The van der Waals surface area contributed by atoms with Crippen LogP contribution in [0.2, 0.25) is 0 Å². The third kappa shape index (κ3) is 4.11. The maximum Gasteiger partial charge on any atom is 0.387 e. The van der Waals surface area contributed by atoms with Crippen molar-refractivity contribution >= 4 is 11.8 Å². The van der Waals surface area contributed by atoms with Gasteiger partial charge in [0.2, 0.25) is 5.89 Å². The Labute approximate surface area is 141 Å². The Balaban J connectivity index is 1.69. The van der Waals surface area contributed by atoms with E-state index in [1.165, 1.54) is 17.8 Å². The molecule has 0 amide bonds. The summed E-state index contributed by atoms with van der Waals surface area (Å²) in [6.07, 6.45) is 0. The normalized spacial score (nSPS) is 11.0. The second kappa shape index (κ2) is 7.44. The number of rotatable bonds is 6. The highest BCUT2D eigenvalue weighted by atomic mass is 32.2. The molecule has 0 bridgehead atoms. The SMILES string of the molecule is Cc1ccc(-c2nnc(SCc3ccccc3OC(F)F)o2)cc1. The molecule has 0 saturated heterocycles. The summed E-state index contributed by atoms with van der Waals surface area (Å²) < 4.78 is 34.9. The summed E-state index contributed by atoms with van der Waals surface area (Å²) in [5.74, 6) is 0.964. The molecule has 3 aromatic rings. The number of thioether (sulfide) groups is 1. The van der Waals surface area contributed by atoms with Gasteiger partial charge in [0.1, 0.15) is 5.75 Å². The van der Waals surface area contributed by atoms with Crippen LogP contribution in [0.15, 0.2) is 58.2 Å². The first kappa shape index (κ1) is 16.4. The molecular weight excluding hydrogens is 334 g/mol. The first-order valence-corrected chi connectivity index (χ1v) is 8.16. The molecule has 0 N–H and O–H groups in total. The average molecular weight is 348 g/mol. The van der Waals surface area contributed by atoms with E-state index in [1.807, 2.05) is 31.2 Å². The minimum atomic E-state index is -2.85. The van der Waals surface area contributed by atoms with Crippen LogP contribution in [-0.2, 0) is 5.75 Å². The van der Waals surface area contributed by atoms with E-state index in [2.05, 4.69) is 14.9 Å². The molecule has 0 aliphatic rings. The lowest BCUT2D eigenvalue weighted by Gasteiger charge is -2.09. The van der Waals surface area contributed by atoms with Crippen LogP contribution in [0.4, 0.5) is 8.78 Å². The van der Waals surface area contributed by atoms with Gasteiger partial charge in [0.25, 0.3) is 5.22 Å². The Bertz CT molecular complexity index is 806. The predicted molar refractivity (Wildman–Crippen MR) is 87.1 cm³/mol. The van der Waals surface area contributed by atoms with E-state index in [4.69, 9.17) is 4.42 Å². The maximum absolute atomic E-state index is 12.4. The highest BCUT2D eigenvalue weighted by Crippen LogP contribution is 2.29. The van der Waals surface area contributed by atoms with Crippen LogP contribution in [0.1, 0.15) is 11.1 Å². The molecule has 0 atom stereocenters. The van der Waals surface area contributed by atoms with Gasteiger partial charge in [-0.25, -0.2) is 0 Å². The maximum atomic E-state index is 12.4. The van der Waals surface area contributed by atoms with Crippen molar-refractivity contribution in [3.05, 3.63) is 59.7 Å². The lowest BCUT2D eigenvalue weighted by molar-refractivity contribution is -0.0503. The molecule has 3 rings (SSSR count). The van der Waals surface area contributed by atoms with Crippen LogP contribution in [0.5, 0.6) is 5.75 Å². The largest absolute Gasteiger partial charge is 0.435 e. The fraction of sp³-hybridized carbons (Fsp3) is 0.176. The van der Waals surface area contributed by atoms with E-state index in [0.29, 0.717) is 22.4 Å². The van der Waals surface area contributed by atoms with E-state index >= 15 is 0 Å². The topological polar surface area (TPSA) is 48.2 Å². The number of benzene rings is 2. The standard InChI is InChI=1S/C17H14F2N2O2S/c1-11-6-8-12(9-7-11)15-20-21-17(23-15)24-10-13-4-2-3-5-14(13)22-16(18)19/h2-9,16H,10H2,1H3. The third-order valence-corrected chi connectivity index (χ3v) is 4.11. The number of hydrogen-bond acceptors (Lipinski definition) is 5. The third-order valence-electron chi connectivity index (χ3n) is 3.24. The molecule has 1 heterocycles. The Morgan fingerprint density at radius 1 is 1.08 bits per heavy atom. The van der Waals surface area contributed by atoms with Crippen molar-refractivity contribution in [2.24, 2.45) is 0 Å². The van der Waals surface area contributed by atoms with Crippen LogP contribution in [0, 0.1) is 6.92 Å². The number of nitrogens with zero attached hydrogens (tertiary/aromatic N) is 2. The van der Waals surface area contributed by atoms with Gasteiger partial charge in [-0.3, -0.25) is 0 Å². The zero-order valence-electron chi connectivity index (χ0n) is 12.8. The van der Waals surface area contributed by atoms with E-state index in [1.54, 1.807) is 18.2 Å². The second-order valence-corrected chi connectivity index (χ2v) is 5.94. The fourth-order valence-electron chi connectivity index (χ4n) is 2.05. The zero-order valence-corrected chi connectivity index (χ0v) is 13.6. The van der Waals surface area contributed by atoms with Gasteiger partial charge in [-0.2, -0.15) is 8.78 Å². The lowest BCUT2D eigenvalue weighted by atomic mass is 10.1. The number of alkyl halides is 2. The second-order valence-electron chi connectivity index (χ2n) is 5.01. The van der Waals surface area contributed by atoms with Crippen molar-refractivity contribution in [1.82, 2.24) is 10.2 Å². The van der Waals surface area contributed by atoms with Crippen LogP contribution in [0.25, 0.3) is 11.5 Å². The summed E-state index contributed by atoms with van der Waals surface area (Å²) in [7, 11) is 0. The van der Waals surface area contributed by atoms with E-state index in [0.717, 1.165) is 11.1 Å². The Morgan fingerprint density at radius 3 is 2.58 bits per heavy atom. The highest BCUT2D eigenvalue weighted by molar-refractivity contribution is 7.98. The molecule has 0 saturated carbocycles. The van der Waals surface area contributed by atoms with Crippen LogP contribution >= 0.6 is 11.8 Å². The monoisotopic (exact) mass is 348 g/mol. The average Bonchev–Trinajstić information content (AvgIpc) is 3.03. The van der Waals surface area contributed by atoms with Crippen molar-refractivity contribution in [3.63, 3.8) is 0 Å². The molecular formula is C17H14F2N2O2S. The molecule has 124 valence electrons. The summed E-state index contributed by atoms with van der Waals surface area (Å²) in [6.45, 7) is -0.856. The highest BCUT2D eigenvalue weighted by Gasteiger charge is 2.12. The van der Waals surface area contributed by atoms with Crippen molar-refractivity contribution in [1.29, 1.82) is 0 Å². The van der Waals surface area contributed by atoms with Gasteiger partial charge in [-0.1, -0.05) is 47.7 Å². The van der Waals surface area contributed by atoms with E-state index in [9.17, 15) is 8.78 Å². The van der Waals surface area contributed by atoms with Gasteiger partial charge in [0.05, 0.1) is 0 Å². The van der Waals surface area contributed by atoms with Gasteiger partial charge in [-0.05, 0) is 25.1 Å². The molecule has 0 aliphatic carbocycles. The van der Waals surface area contributed by atoms with Crippen molar-refractivity contribution in [3.8, 4) is 17.2 Å². The summed E-state index contributed by atoms with van der Waals surface area (Å²) in [6, 6.07) is 14.4. The molecule has 0 unspecified atom stereocenters. The summed E-state index contributed by atoms with van der Waals surface area (Å²) in [4.78, 5) is 0. The minimum absolute atomic E-state index is 0.151. The van der Waals surface area contributed by atoms with Crippen molar-refractivity contribution in [2.75, 3.05) is 0 Å². The number of halogens is 2. The zero-order chi connectivity index (χ0) is 16.9. The first-order valence-electron chi connectivity index (χ1n) is 7.18. The lowest BCUT2D eigenvalue weighted by Crippen LogP contribution is -2.03. The molecule has 2 aromatic carbocycles. The molecule has 24 heavy (non-hydrogen) atoms. The molecule has 0 fully saturated rings. The summed E-state index contributed by atoms with van der Waals surface area (Å²) in [5, 5.41) is 8.36. The van der Waals surface area contributed by atoms with Gasteiger partial charge in [0.15, 0.2) is 0 Å². The summed E-state index contributed by atoms with van der Waals surface area (Å²) >= 11 is 1.27. The number of ether oxygens (including phenoxy) is 1. The smallest absolute Gasteiger partial charge is 0.387 e. The quantitative estimate of drug-likeness (QED) is 0.591. The molecule has 0 radical (unpaired) electrons. The van der Waals surface area contributed by atoms with Gasteiger partial charge < -0.3 is 9.15 Å². The Morgan fingerprint density at radius 2 is 1.83 bits per heavy atom. The van der Waals surface area contributed by atoms with Crippen LogP contribution in [-0.4, -0.2) is 16.8 Å². The number of aryl methyl sites for hydroxylation is 1. The fourth-order valence-corrected chi connectivity index (χ4v) is 2.81. The molecule has 4 nitrogen and oxygen atoms in total. The molecule has 0 aliphatic heterocycles. The van der Waals surface area contributed by atoms with Gasteiger partial charge >= 0.3 is 6.61 Å². The van der Waals surface area contributed by atoms with Crippen LogP contribution in [0.3, 0.4) is 0 Å². The van der Waals surface area contributed by atoms with Crippen molar-refractivity contribution < 1.29 is 17.9 Å². The molecule has 7 heteroatoms. The Kier molecular flexibility index (Phi) is 5.10. The summed E-state index contributed by atoms with van der Waals surface area (Å²) in [5.41, 5.74) is 2.61. The van der Waals surface area contributed by atoms with Crippen LogP contribution < -0.4 is 4.74 Å². The predicted octanol–water partition coefficient (Wildman–Crippen LogP) is 4.94. The van der Waals surface area contributed by atoms with Gasteiger partial charge in [-0.15, -0.1) is 10.2 Å². The molecule has 1 aromatic heterocycles. The van der Waals surface area contributed by atoms with E-state index < -0.39 is 6.61 Å². The number of para-hydroxylation sites is 1. The number of aromatic nitrogens is 2. The van der Waals surface area contributed by atoms with Crippen molar-refractivity contribution in [2.45, 2.75) is 24.5 Å². The minimum Gasteiger partial charge on any atom is -0.435 e. The first-order chi connectivity index (χ1) is 11.6.